The first kappa shape index (κ1) is 21.4. The van der Waals surface area contributed by atoms with E-state index in [2.05, 4.69) is 23.6 Å². The fraction of sp³-hybridized carbons (Fsp3) is 0.280. The Morgan fingerprint density at radius 3 is 2.27 bits per heavy atom. The number of methoxy groups -OCH3 is 1. The second kappa shape index (κ2) is 9.44. The lowest BCUT2D eigenvalue weighted by molar-refractivity contribution is 0.0600. The van der Waals surface area contributed by atoms with Crippen molar-refractivity contribution in [2.24, 2.45) is 5.73 Å². The quantitative estimate of drug-likeness (QED) is 0.551. The molecule has 1 amide bonds. The molecule has 0 aliphatic rings. The Labute approximate surface area is 177 Å². The summed E-state index contributed by atoms with van der Waals surface area (Å²) >= 11 is 0. The molecule has 0 atom stereocenters. The van der Waals surface area contributed by atoms with Crippen LogP contribution in [-0.2, 0) is 17.7 Å². The Morgan fingerprint density at radius 1 is 1.03 bits per heavy atom. The largest absolute Gasteiger partial charge is 0.465 e. The van der Waals surface area contributed by atoms with Crippen molar-refractivity contribution < 1.29 is 14.3 Å². The maximum Gasteiger partial charge on any atom is 0.337 e. The number of rotatable bonds is 8. The number of carbonyl (C=O) groups excluding carboxylic acids is 2. The third kappa shape index (κ3) is 4.30. The van der Waals surface area contributed by atoms with Crippen molar-refractivity contribution in [1.29, 1.82) is 0 Å². The standard InChI is InChI=1S/C25H28N2O3/c1-4-5-11-21-23(19-12-14-20(15-13-19)25(29)30-3)22(24(26)28)17(2)27(21)16-18-9-7-6-8-10-18/h6-10,12-15H,4-5,11,16H2,1-3H3,(H2,26,28). The summed E-state index contributed by atoms with van der Waals surface area (Å²) in [6.45, 7) is 4.77. The highest BCUT2D eigenvalue weighted by Gasteiger charge is 2.24. The highest BCUT2D eigenvalue weighted by molar-refractivity contribution is 6.02. The minimum atomic E-state index is -0.441. The van der Waals surface area contributed by atoms with E-state index in [1.54, 1.807) is 12.1 Å². The van der Waals surface area contributed by atoms with Crippen LogP contribution in [0.5, 0.6) is 0 Å². The van der Waals surface area contributed by atoms with E-state index in [-0.39, 0.29) is 5.97 Å². The molecule has 0 saturated carbocycles. The Morgan fingerprint density at radius 2 is 1.70 bits per heavy atom. The lowest BCUT2D eigenvalue weighted by Gasteiger charge is -2.13. The SMILES string of the molecule is CCCCc1c(-c2ccc(C(=O)OC)cc2)c(C(N)=O)c(C)n1Cc1ccccc1. The van der Waals surface area contributed by atoms with Crippen LogP contribution < -0.4 is 5.73 Å². The van der Waals surface area contributed by atoms with Crippen LogP contribution in [0.15, 0.2) is 54.6 Å². The first-order valence-corrected chi connectivity index (χ1v) is 10.2. The van der Waals surface area contributed by atoms with Crippen LogP contribution in [0.4, 0.5) is 0 Å². The number of ether oxygens (including phenoxy) is 1. The monoisotopic (exact) mass is 404 g/mol. The molecule has 3 aromatic rings. The molecule has 5 heteroatoms. The van der Waals surface area contributed by atoms with Gasteiger partial charge in [-0.1, -0.05) is 55.8 Å². The van der Waals surface area contributed by atoms with Gasteiger partial charge in [-0.2, -0.15) is 0 Å². The Bertz CT molecular complexity index is 1030. The van der Waals surface area contributed by atoms with Gasteiger partial charge in [-0.05, 0) is 43.0 Å². The smallest absolute Gasteiger partial charge is 0.337 e. The Kier molecular flexibility index (Phi) is 6.72. The molecule has 0 radical (unpaired) electrons. The zero-order chi connectivity index (χ0) is 21.7. The van der Waals surface area contributed by atoms with Crippen LogP contribution in [0.3, 0.4) is 0 Å². The van der Waals surface area contributed by atoms with Gasteiger partial charge in [0.05, 0.1) is 18.2 Å². The van der Waals surface area contributed by atoms with E-state index in [1.807, 2.05) is 37.3 Å². The lowest BCUT2D eigenvalue weighted by Crippen LogP contribution is -2.13. The first-order chi connectivity index (χ1) is 14.5. The molecule has 1 aromatic heterocycles. The van der Waals surface area contributed by atoms with Crippen molar-refractivity contribution >= 4 is 11.9 Å². The molecular weight excluding hydrogens is 376 g/mol. The molecule has 3 rings (SSSR count). The summed E-state index contributed by atoms with van der Waals surface area (Å²) in [5, 5.41) is 0. The van der Waals surface area contributed by atoms with E-state index in [9.17, 15) is 9.59 Å². The lowest BCUT2D eigenvalue weighted by atomic mass is 9.96. The molecule has 2 aromatic carbocycles. The number of esters is 1. The molecule has 1 heterocycles. The van der Waals surface area contributed by atoms with Gasteiger partial charge in [0.15, 0.2) is 0 Å². The van der Waals surface area contributed by atoms with Crippen molar-refractivity contribution in [3.8, 4) is 11.1 Å². The van der Waals surface area contributed by atoms with E-state index >= 15 is 0 Å². The number of unbranched alkanes of at least 4 members (excludes halogenated alkanes) is 1. The normalized spacial score (nSPS) is 10.8. The summed E-state index contributed by atoms with van der Waals surface area (Å²) in [6.07, 6.45) is 2.89. The Hall–Kier alpha value is -3.34. The van der Waals surface area contributed by atoms with Crippen LogP contribution in [0.2, 0.25) is 0 Å². The number of nitrogens with zero attached hydrogens (tertiary/aromatic N) is 1. The van der Waals surface area contributed by atoms with Gasteiger partial charge in [0.2, 0.25) is 0 Å². The average molecular weight is 405 g/mol. The van der Waals surface area contributed by atoms with Crippen LogP contribution >= 0.6 is 0 Å². The summed E-state index contributed by atoms with van der Waals surface area (Å²) < 4.78 is 7.00. The van der Waals surface area contributed by atoms with Crippen LogP contribution in [0, 0.1) is 6.92 Å². The molecule has 156 valence electrons. The van der Waals surface area contributed by atoms with Crippen molar-refractivity contribution in [2.75, 3.05) is 7.11 Å². The number of primary amides is 1. The average Bonchev–Trinajstić information content (AvgIpc) is 3.04. The number of hydrogen-bond acceptors (Lipinski definition) is 3. The maximum absolute atomic E-state index is 12.5. The number of nitrogens with two attached hydrogens (primary N) is 1. The van der Waals surface area contributed by atoms with Crippen molar-refractivity contribution in [1.82, 2.24) is 4.57 Å². The molecular formula is C25H28N2O3. The van der Waals surface area contributed by atoms with Gasteiger partial charge in [0, 0.05) is 23.5 Å². The number of aromatic nitrogens is 1. The van der Waals surface area contributed by atoms with Crippen LogP contribution in [-0.4, -0.2) is 23.6 Å². The highest BCUT2D eigenvalue weighted by atomic mass is 16.5. The maximum atomic E-state index is 12.5. The van der Waals surface area contributed by atoms with E-state index < -0.39 is 5.91 Å². The number of benzene rings is 2. The van der Waals surface area contributed by atoms with Gasteiger partial charge < -0.3 is 15.0 Å². The number of amides is 1. The van der Waals surface area contributed by atoms with Gasteiger partial charge in [-0.15, -0.1) is 0 Å². The van der Waals surface area contributed by atoms with E-state index in [4.69, 9.17) is 10.5 Å². The van der Waals surface area contributed by atoms with Gasteiger partial charge in [-0.3, -0.25) is 4.79 Å². The molecule has 0 fully saturated rings. The molecule has 0 spiro atoms. The minimum Gasteiger partial charge on any atom is -0.465 e. The second-order valence-corrected chi connectivity index (χ2v) is 7.39. The molecule has 0 bridgehead atoms. The van der Waals surface area contributed by atoms with Gasteiger partial charge in [-0.25, -0.2) is 4.79 Å². The van der Waals surface area contributed by atoms with E-state index in [0.717, 1.165) is 47.3 Å². The molecule has 5 nitrogen and oxygen atoms in total. The molecule has 0 aliphatic carbocycles. The third-order valence-corrected chi connectivity index (χ3v) is 5.42. The zero-order valence-corrected chi connectivity index (χ0v) is 17.8. The van der Waals surface area contributed by atoms with Crippen molar-refractivity contribution in [3.63, 3.8) is 0 Å². The molecule has 2 N–H and O–H groups in total. The van der Waals surface area contributed by atoms with Gasteiger partial charge >= 0.3 is 5.97 Å². The zero-order valence-electron chi connectivity index (χ0n) is 17.8. The summed E-state index contributed by atoms with van der Waals surface area (Å²) in [4.78, 5) is 24.3. The van der Waals surface area contributed by atoms with Gasteiger partial charge in [0.25, 0.3) is 5.91 Å². The van der Waals surface area contributed by atoms with Crippen molar-refractivity contribution in [2.45, 2.75) is 39.7 Å². The number of carbonyl (C=O) groups is 2. The molecule has 30 heavy (non-hydrogen) atoms. The summed E-state index contributed by atoms with van der Waals surface area (Å²) in [6, 6.07) is 17.3. The Balaban J connectivity index is 2.17. The fourth-order valence-electron chi connectivity index (χ4n) is 3.89. The highest BCUT2D eigenvalue weighted by Crippen LogP contribution is 2.34. The second-order valence-electron chi connectivity index (χ2n) is 7.39. The fourth-order valence-corrected chi connectivity index (χ4v) is 3.89. The summed E-state index contributed by atoms with van der Waals surface area (Å²) in [7, 11) is 1.36. The van der Waals surface area contributed by atoms with Crippen LogP contribution in [0.1, 0.15) is 57.4 Å². The predicted octanol–water partition coefficient (Wildman–Crippen LogP) is 4.74. The molecule has 0 unspecified atom stereocenters. The first-order valence-electron chi connectivity index (χ1n) is 10.2. The summed E-state index contributed by atoms with van der Waals surface area (Å²) in [5.74, 6) is -0.829. The predicted molar refractivity (Wildman–Crippen MR) is 119 cm³/mol. The minimum absolute atomic E-state index is 0.388. The molecule has 0 aliphatic heterocycles. The van der Waals surface area contributed by atoms with Crippen molar-refractivity contribution in [3.05, 3.63) is 82.7 Å². The topological polar surface area (TPSA) is 74.3 Å². The third-order valence-electron chi connectivity index (χ3n) is 5.42. The van der Waals surface area contributed by atoms with Gasteiger partial charge in [0.1, 0.15) is 0 Å². The summed E-state index contributed by atoms with van der Waals surface area (Å²) in [5.41, 5.74) is 11.7. The van der Waals surface area contributed by atoms with Crippen LogP contribution in [0.25, 0.3) is 11.1 Å². The molecule has 0 saturated heterocycles. The number of hydrogen-bond donors (Lipinski definition) is 1. The van der Waals surface area contributed by atoms with E-state index in [0.29, 0.717) is 17.7 Å². The van der Waals surface area contributed by atoms with E-state index in [1.165, 1.54) is 7.11 Å².